The molecule has 1 aliphatic heterocycles. The number of carbonyl (C=O) groups excluding carboxylic acids is 1. The van der Waals surface area contributed by atoms with Crippen molar-refractivity contribution in [3.63, 3.8) is 0 Å². The molecule has 1 saturated heterocycles. The number of carbonyl (C=O) groups is 1. The van der Waals surface area contributed by atoms with Gasteiger partial charge in [-0.3, -0.25) is 4.79 Å². The van der Waals surface area contributed by atoms with Crippen LogP contribution in [0.4, 0.5) is 5.69 Å². The van der Waals surface area contributed by atoms with Gasteiger partial charge in [-0.05, 0) is 24.6 Å². The van der Waals surface area contributed by atoms with Crippen LogP contribution < -0.4 is 4.90 Å². The van der Waals surface area contributed by atoms with Gasteiger partial charge in [0.05, 0.1) is 5.92 Å². The fraction of sp³-hybridized carbons (Fsp3) is 0.211. The van der Waals surface area contributed by atoms with Crippen molar-refractivity contribution in [2.75, 3.05) is 11.4 Å². The number of hydrogen-bond donors (Lipinski definition) is 0. The SMILES string of the molecule is Cc1ccccc1-c1noc(C2CC(=O)N(c3ccccc3)C2)n1. The zero-order chi connectivity index (χ0) is 16.5. The molecular formula is C19H17N3O2. The van der Waals surface area contributed by atoms with E-state index in [0.717, 1.165) is 16.8 Å². The van der Waals surface area contributed by atoms with E-state index >= 15 is 0 Å². The molecule has 1 aromatic heterocycles. The quantitative estimate of drug-likeness (QED) is 0.740. The van der Waals surface area contributed by atoms with E-state index in [0.29, 0.717) is 24.7 Å². The fourth-order valence-electron chi connectivity index (χ4n) is 3.06. The smallest absolute Gasteiger partial charge is 0.232 e. The molecule has 1 aliphatic rings. The Morgan fingerprint density at radius 1 is 1.08 bits per heavy atom. The molecule has 4 rings (SSSR count). The van der Waals surface area contributed by atoms with E-state index in [9.17, 15) is 4.79 Å². The third kappa shape index (κ3) is 2.58. The molecule has 0 bridgehead atoms. The zero-order valence-electron chi connectivity index (χ0n) is 13.3. The lowest BCUT2D eigenvalue weighted by atomic mass is 10.1. The Hall–Kier alpha value is -2.95. The molecule has 5 heteroatoms. The highest BCUT2D eigenvalue weighted by Gasteiger charge is 2.35. The zero-order valence-corrected chi connectivity index (χ0v) is 13.3. The van der Waals surface area contributed by atoms with E-state index < -0.39 is 0 Å². The minimum absolute atomic E-state index is 0.0667. The van der Waals surface area contributed by atoms with E-state index in [4.69, 9.17) is 4.52 Å². The maximum Gasteiger partial charge on any atom is 0.232 e. The lowest BCUT2D eigenvalue weighted by Gasteiger charge is -2.15. The van der Waals surface area contributed by atoms with Gasteiger partial charge in [0.2, 0.25) is 17.6 Å². The summed E-state index contributed by atoms with van der Waals surface area (Å²) in [5.74, 6) is 1.12. The average molecular weight is 319 g/mol. The second kappa shape index (κ2) is 5.92. The molecule has 120 valence electrons. The van der Waals surface area contributed by atoms with Gasteiger partial charge in [0.25, 0.3) is 0 Å². The summed E-state index contributed by atoms with van der Waals surface area (Å²) in [6.45, 7) is 2.58. The van der Waals surface area contributed by atoms with E-state index in [1.807, 2.05) is 61.5 Å². The third-order valence-electron chi connectivity index (χ3n) is 4.37. The number of nitrogens with zero attached hydrogens (tertiary/aromatic N) is 3. The molecule has 5 nitrogen and oxygen atoms in total. The van der Waals surface area contributed by atoms with Gasteiger partial charge in [-0.15, -0.1) is 0 Å². The minimum Gasteiger partial charge on any atom is -0.339 e. The van der Waals surface area contributed by atoms with Gasteiger partial charge < -0.3 is 9.42 Å². The molecule has 0 radical (unpaired) electrons. The minimum atomic E-state index is -0.0667. The number of aryl methyl sites for hydroxylation is 1. The number of rotatable bonds is 3. The van der Waals surface area contributed by atoms with E-state index in [1.165, 1.54) is 0 Å². The van der Waals surface area contributed by atoms with Crippen LogP contribution in [-0.2, 0) is 4.79 Å². The molecule has 2 aromatic carbocycles. The van der Waals surface area contributed by atoms with Gasteiger partial charge in [-0.1, -0.05) is 47.6 Å². The van der Waals surface area contributed by atoms with Crippen LogP contribution >= 0.6 is 0 Å². The van der Waals surface area contributed by atoms with Crippen molar-refractivity contribution in [3.8, 4) is 11.4 Å². The normalized spacial score (nSPS) is 17.5. The molecule has 0 aliphatic carbocycles. The van der Waals surface area contributed by atoms with Gasteiger partial charge >= 0.3 is 0 Å². The van der Waals surface area contributed by atoms with Crippen molar-refractivity contribution in [3.05, 3.63) is 66.1 Å². The first kappa shape index (κ1) is 14.6. The summed E-state index contributed by atoms with van der Waals surface area (Å²) in [5.41, 5.74) is 2.96. The second-order valence-corrected chi connectivity index (χ2v) is 6.01. The molecule has 1 amide bonds. The Balaban J connectivity index is 1.58. The van der Waals surface area contributed by atoms with Crippen LogP contribution in [0.1, 0.15) is 23.8 Å². The van der Waals surface area contributed by atoms with Crippen LogP contribution in [0, 0.1) is 6.92 Å². The van der Waals surface area contributed by atoms with Crippen molar-refractivity contribution in [1.82, 2.24) is 10.1 Å². The Morgan fingerprint density at radius 3 is 2.62 bits per heavy atom. The highest BCUT2D eigenvalue weighted by atomic mass is 16.5. The van der Waals surface area contributed by atoms with Crippen LogP contribution in [0.15, 0.2) is 59.1 Å². The molecule has 1 atom stereocenters. The van der Waals surface area contributed by atoms with E-state index in [2.05, 4.69) is 10.1 Å². The van der Waals surface area contributed by atoms with Gasteiger partial charge in [0.1, 0.15) is 0 Å². The maximum absolute atomic E-state index is 12.3. The van der Waals surface area contributed by atoms with Crippen LogP contribution in [0.25, 0.3) is 11.4 Å². The Morgan fingerprint density at radius 2 is 1.83 bits per heavy atom. The highest BCUT2D eigenvalue weighted by Crippen LogP contribution is 2.32. The summed E-state index contributed by atoms with van der Waals surface area (Å²) >= 11 is 0. The molecule has 0 N–H and O–H groups in total. The molecule has 0 spiro atoms. The Kier molecular flexibility index (Phi) is 3.61. The molecule has 3 aromatic rings. The summed E-state index contributed by atoms with van der Waals surface area (Å²) in [7, 11) is 0. The monoisotopic (exact) mass is 319 g/mol. The van der Waals surface area contributed by atoms with Gasteiger partial charge in [-0.25, -0.2) is 0 Å². The largest absolute Gasteiger partial charge is 0.339 e. The summed E-state index contributed by atoms with van der Waals surface area (Å²) < 4.78 is 5.45. The molecule has 24 heavy (non-hydrogen) atoms. The topological polar surface area (TPSA) is 59.2 Å². The predicted octanol–water partition coefficient (Wildman–Crippen LogP) is 3.57. The summed E-state index contributed by atoms with van der Waals surface area (Å²) in [4.78, 5) is 18.6. The Labute approximate surface area is 139 Å². The number of benzene rings is 2. The van der Waals surface area contributed by atoms with Crippen molar-refractivity contribution < 1.29 is 9.32 Å². The molecule has 1 unspecified atom stereocenters. The summed E-state index contributed by atoms with van der Waals surface area (Å²) in [6, 6.07) is 17.6. The van der Waals surface area contributed by atoms with Crippen LogP contribution in [0.5, 0.6) is 0 Å². The summed E-state index contributed by atoms with van der Waals surface area (Å²) in [6.07, 6.45) is 0.393. The van der Waals surface area contributed by atoms with Gasteiger partial charge in [-0.2, -0.15) is 4.98 Å². The number of amides is 1. The van der Waals surface area contributed by atoms with Crippen LogP contribution in [0.3, 0.4) is 0 Å². The van der Waals surface area contributed by atoms with Crippen molar-refractivity contribution in [2.24, 2.45) is 0 Å². The lowest BCUT2D eigenvalue weighted by Crippen LogP contribution is -2.24. The van der Waals surface area contributed by atoms with Crippen LogP contribution in [-0.4, -0.2) is 22.6 Å². The van der Waals surface area contributed by atoms with Crippen molar-refractivity contribution in [1.29, 1.82) is 0 Å². The van der Waals surface area contributed by atoms with Crippen LogP contribution in [0.2, 0.25) is 0 Å². The highest BCUT2D eigenvalue weighted by molar-refractivity contribution is 5.96. The summed E-state index contributed by atoms with van der Waals surface area (Å²) in [5, 5.41) is 4.10. The van der Waals surface area contributed by atoms with Crippen molar-refractivity contribution >= 4 is 11.6 Å². The predicted molar refractivity (Wildman–Crippen MR) is 90.6 cm³/mol. The number of para-hydroxylation sites is 1. The molecule has 0 saturated carbocycles. The molecular weight excluding hydrogens is 302 g/mol. The second-order valence-electron chi connectivity index (χ2n) is 6.01. The first-order valence-corrected chi connectivity index (χ1v) is 7.97. The average Bonchev–Trinajstić information content (AvgIpc) is 3.23. The van der Waals surface area contributed by atoms with E-state index in [1.54, 1.807) is 4.90 Å². The lowest BCUT2D eigenvalue weighted by molar-refractivity contribution is -0.117. The van der Waals surface area contributed by atoms with Gasteiger partial charge in [0, 0.05) is 24.2 Å². The van der Waals surface area contributed by atoms with E-state index in [-0.39, 0.29) is 11.8 Å². The van der Waals surface area contributed by atoms with Crippen molar-refractivity contribution in [2.45, 2.75) is 19.3 Å². The third-order valence-corrected chi connectivity index (χ3v) is 4.37. The Bertz CT molecular complexity index is 873. The first-order chi connectivity index (χ1) is 11.7. The fourth-order valence-corrected chi connectivity index (χ4v) is 3.06. The molecule has 2 heterocycles. The first-order valence-electron chi connectivity index (χ1n) is 7.97. The molecule has 1 fully saturated rings. The maximum atomic E-state index is 12.3. The standard InChI is InChI=1S/C19H17N3O2/c1-13-7-5-6-10-16(13)18-20-19(24-21-18)14-11-17(23)22(12-14)15-8-3-2-4-9-15/h2-10,14H,11-12H2,1H3. The number of hydrogen-bond acceptors (Lipinski definition) is 4. The number of anilines is 1. The van der Waals surface area contributed by atoms with Gasteiger partial charge in [0.15, 0.2) is 0 Å². The number of aromatic nitrogens is 2.